The highest BCUT2D eigenvalue weighted by molar-refractivity contribution is 7.89. The number of sulfonamides is 1. The van der Waals surface area contributed by atoms with Crippen LogP contribution in [-0.2, 0) is 27.8 Å². The van der Waals surface area contributed by atoms with Gasteiger partial charge in [0.05, 0.1) is 30.5 Å². The van der Waals surface area contributed by atoms with Crippen LogP contribution in [0.5, 0.6) is 5.75 Å². The van der Waals surface area contributed by atoms with Crippen LogP contribution in [0.1, 0.15) is 25.0 Å². The number of carbonyl (C=O) groups excluding carboxylic acids is 1. The van der Waals surface area contributed by atoms with Crippen LogP contribution in [-0.4, -0.2) is 48.6 Å². The molecule has 3 aromatic carbocycles. The second-order valence-corrected chi connectivity index (χ2v) is 10.3. The Balaban J connectivity index is 1.54. The Morgan fingerprint density at radius 2 is 1.69 bits per heavy atom. The van der Waals surface area contributed by atoms with Gasteiger partial charge >= 0.3 is 0 Å². The summed E-state index contributed by atoms with van der Waals surface area (Å²) >= 11 is 0. The second-order valence-electron chi connectivity index (χ2n) is 8.33. The van der Waals surface area contributed by atoms with Gasteiger partial charge in [-0.3, -0.25) is 9.48 Å². The molecule has 0 saturated carbocycles. The minimum absolute atomic E-state index is 0.176. The van der Waals surface area contributed by atoms with Crippen molar-refractivity contribution in [3.63, 3.8) is 0 Å². The number of benzene rings is 3. The van der Waals surface area contributed by atoms with Crippen LogP contribution in [0.25, 0.3) is 10.9 Å². The van der Waals surface area contributed by atoms with Gasteiger partial charge in [0.25, 0.3) is 0 Å². The van der Waals surface area contributed by atoms with Crippen molar-refractivity contribution in [2.45, 2.75) is 31.7 Å². The van der Waals surface area contributed by atoms with E-state index in [9.17, 15) is 13.2 Å². The second kappa shape index (κ2) is 10.9. The van der Waals surface area contributed by atoms with Crippen molar-refractivity contribution in [2.24, 2.45) is 0 Å². The molecule has 4 rings (SSSR count). The third-order valence-electron chi connectivity index (χ3n) is 6.01. The summed E-state index contributed by atoms with van der Waals surface area (Å²) in [7, 11) is -1.92. The number of fused-ring (bicyclic) bond motifs is 1. The van der Waals surface area contributed by atoms with E-state index in [0.717, 1.165) is 22.0 Å². The summed E-state index contributed by atoms with van der Waals surface area (Å²) in [5.74, 6) is 1.01. The minimum atomic E-state index is -3.51. The lowest BCUT2D eigenvalue weighted by molar-refractivity contribution is -0.115. The fraction of sp³-hybridized carbons (Fsp3) is 0.259. The summed E-state index contributed by atoms with van der Waals surface area (Å²) in [5.41, 5.74) is 2.61. The zero-order valence-electron chi connectivity index (χ0n) is 20.6. The zero-order chi connectivity index (χ0) is 25.7. The van der Waals surface area contributed by atoms with E-state index in [1.165, 1.54) is 4.31 Å². The molecule has 36 heavy (non-hydrogen) atoms. The Hall–Kier alpha value is -3.69. The maximum atomic E-state index is 12.8. The number of aromatic nitrogens is 2. The van der Waals surface area contributed by atoms with Gasteiger partial charge in [-0.15, -0.1) is 0 Å². The lowest BCUT2D eigenvalue weighted by Gasteiger charge is -2.18. The molecule has 1 aromatic heterocycles. The molecular formula is C27H30N4O4S. The molecule has 1 amide bonds. The number of para-hydroxylation sites is 1. The Bertz CT molecular complexity index is 1460. The molecule has 0 bridgehead atoms. The number of hydrogen-bond acceptors (Lipinski definition) is 5. The standard InChI is InChI=1S/C27H30N4O4S/c1-4-30(5-2)36(33,34)23-15-13-20(14-16-23)19-31-25-12-7-6-11-24(25)27(29-31)28-26(32)18-21-9-8-10-22(17-21)35-3/h6-17H,4-5,18-19H2,1-3H3,(H,28,29,32). The monoisotopic (exact) mass is 506 g/mol. The number of amides is 1. The molecule has 9 heteroatoms. The van der Waals surface area contributed by atoms with Crippen molar-refractivity contribution in [1.82, 2.24) is 14.1 Å². The minimum Gasteiger partial charge on any atom is -0.497 e. The van der Waals surface area contributed by atoms with E-state index < -0.39 is 10.0 Å². The number of ether oxygens (including phenoxy) is 1. The molecule has 0 fully saturated rings. The van der Waals surface area contributed by atoms with Gasteiger partial charge in [-0.05, 0) is 47.5 Å². The Kier molecular flexibility index (Phi) is 7.71. The normalized spacial score (nSPS) is 11.7. The first-order valence-electron chi connectivity index (χ1n) is 11.8. The highest BCUT2D eigenvalue weighted by Gasteiger charge is 2.21. The molecule has 0 aliphatic heterocycles. The van der Waals surface area contributed by atoms with Gasteiger partial charge in [0.2, 0.25) is 15.9 Å². The third-order valence-corrected chi connectivity index (χ3v) is 8.08. The summed E-state index contributed by atoms with van der Waals surface area (Å²) < 4.78 is 34.0. The summed E-state index contributed by atoms with van der Waals surface area (Å²) in [6.07, 6.45) is 0.195. The van der Waals surface area contributed by atoms with Gasteiger partial charge in [0, 0.05) is 18.5 Å². The predicted octanol–water partition coefficient (Wildman–Crippen LogP) is 4.30. The van der Waals surface area contributed by atoms with E-state index in [-0.39, 0.29) is 17.2 Å². The number of rotatable bonds is 10. The molecular weight excluding hydrogens is 476 g/mol. The summed E-state index contributed by atoms with van der Waals surface area (Å²) in [4.78, 5) is 13.0. The summed E-state index contributed by atoms with van der Waals surface area (Å²) in [5, 5.41) is 8.43. The molecule has 0 aliphatic carbocycles. The van der Waals surface area contributed by atoms with Gasteiger partial charge < -0.3 is 10.1 Å². The summed E-state index contributed by atoms with van der Waals surface area (Å²) in [6, 6.07) is 21.9. The van der Waals surface area contributed by atoms with Crippen molar-refractivity contribution < 1.29 is 17.9 Å². The number of carbonyl (C=O) groups is 1. The van der Waals surface area contributed by atoms with Crippen molar-refractivity contribution in [1.29, 1.82) is 0 Å². The van der Waals surface area contributed by atoms with Crippen molar-refractivity contribution >= 4 is 32.7 Å². The first-order chi connectivity index (χ1) is 17.3. The number of anilines is 1. The van der Waals surface area contributed by atoms with Gasteiger partial charge in [0.15, 0.2) is 5.82 Å². The number of nitrogens with zero attached hydrogens (tertiary/aromatic N) is 3. The molecule has 0 spiro atoms. The van der Waals surface area contributed by atoms with Crippen LogP contribution < -0.4 is 10.1 Å². The maximum Gasteiger partial charge on any atom is 0.243 e. The quantitative estimate of drug-likeness (QED) is 0.346. The SMILES string of the molecule is CCN(CC)S(=O)(=O)c1ccc(Cn2nc(NC(=O)Cc3cccc(OC)c3)c3ccccc32)cc1. The Labute approximate surface area is 211 Å². The molecule has 0 saturated heterocycles. The largest absolute Gasteiger partial charge is 0.497 e. The molecule has 1 heterocycles. The van der Waals surface area contributed by atoms with Crippen molar-refractivity contribution in [2.75, 3.05) is 25.5 Å². The van der Waals surface area contributed by atoms with E-state index in [0.29, 0.717) is 31.2 Å². The Morgan fingerprint density at radius 1 is 0.972 bits per heavy atom. The molecule has 8 nitrogen and oxygen atoms in total. The highest BCUT2D eigenvalue weighted by Crippen LogP contribution is 2.25. The molecule has 0 unspecified atom stereocenters. The molecule has 1 N–H and O–H groups in total. The lowest BCUT2D eigenvalue weighted by Crippen LogP contribution is -2.30. The van der Waals surface area contributed by atoms with E-state index in [2.05, 4.69) is 10.4 Å². The highest BCUT2D eigenvalue weighted by atomic mass is 32.2. The Morgan fingerprint density at radius 3 is 2.39 bits per heavy atom. The predicted molar refractivity (Wildman–Crippen MR) is 141 cm³/mol. The van der Waals surface area contributed by atoms with Crippen LogP contribution in [0.15, 0.2) is 77.7 Å². The number of methoxy groups -OCH3 is 1. The molecule has 0 aliphatic rings. The van der Waals surface area contributed by atoms with E-state index >= 15 is 0 Å². The maximum absolute atomic E-state index is 12.8. The fourth-order valence-corrected chi connectivity index (χ4v) is 5.59. The molecule has 0 radical (unpaired) electrons. The average molecular weight is 507 g/mol. The number of nitrogens with one attached hydrogen (secondary N) is 1. The zero-order valence-corrected chi connectivity index (χ0v) is 21.5. The van der Waals surface area contributed by atoms with Gasteiger partial charge in [-0.2, -0.15) is 9.40 Å². The first kappa shape index (κ1) is 25.4. The topological polar surface area (TPSA) is 93.5 Å². The van der Waals surface area contributed by atoms with Crippen LogP contribution >= 0.6 is 0 Å². The molecule has 0 atom stereocenters. The smallest absolute Gasteiger partial charge is 0.243 e. The van der Waals surface area contributed by atoms with Crippen LogP contribution in [0, 0.1) is 0 Å². The van der Waals surface area contributed by atoms with Crippen molar-refractivity contribution in [3.05, 3.63) is 83.9 Å². The van der Waals surface area contributed by atoms with E-state index in [1.54, 1.807) is 31.4 Å². The molecule has 188 valence electrons. The van der Waals surface area contributed by atoms with Gasteiger partial charge in [-0.25, -0.2) is 8.42 Å². The average Bonchev–Trinajstić information content (AvgIpc) is 3.21. The van der Waals surface area contributed by atoms with Gasteiger partial charge in [-0.1, -0.05) is 50.2 Å². The number of hydrogen-bond donors (Lipinski definition) is 1. The molecule has 4 aromatic rings. The summed E-state index contributed by atoms with van der Waals surface area (Å²) in [6.45, 7) is 4.92. The van der Waals surface area contributed by atoms with E-state index in [1.807, 2.05) is 67.1 Å². The van der Waals surface area contributed by atoms with Crippen LogP contribution in [0.2, 0.25) is 0 Å². The van der Waals surface area contributed by atoms with Crippen LogP contribution in [0.3, 0.4) is 0 Å². The van der Waals surface area contributed by atoms with Gasteiger partial charge in [0.1, 0.15) is 5.75 Å². The third kappa shape index (κ3) is 5.42. The van der Waals surface area contributed by atoms with Crippen LogP contribution in [0.4, 0.5) is 5.82 Å². The fourth-order valence-electron chi connectivity index (χ4n) is 4.14. The van der Waals surface area contributed by atoms with E-state index in [4.69, 9.17) is 4.74 Å². The lowest BCUT2D eigenvalue weighted by atomic mass is 10.1. The van der Waals surface area contributed by atoms with Crippen molar-refractivity contribution in [3.8, 4) is 5.75 Å². The first-order valence-corrected chi connectivity index (χ1v) is 13.3.